The minimum absolute atomic E-state index is 0.396. The van der Waals surface area contributed by atoms with E-state index in [1.54, 1.807) is 13.0 Å². The molecule has 0 heterocycles. The van der Waals surface area contributed by atoms with E-state index in [0.29, 0.717) is 12.4 Å². The Morgan fingerprint density at radius 1 is 1.88 bits per heavy atom. The number of hydrogen-bond donors (Lipinski definition) is 0. The molecule has 0 N–H and O–H groups in total. The van der Waals surface area contributed by atoms with Gasteiger partial charge in [0.1, 0.15) is 6.07 Å². The predicted octanol–water partition coefficient (Wildman–Crippen LogP) is 1.45. The summed E-state index contributed by atoms with van der Waals surface area (Å²) in [5.74, 6) is 0.396. The van der Waals surface area contributed by atoms with E-state index in [2.05, 4.69) is 0 Å². The van der Waals surface area contributed by atoms with Crippen LogP contribution >= 0.6 is 0 Å². The van der Waals surface area contributed by atoms with Gasteiger partial charge in [-0.1, -0.05) is 0 Å². The number of nitriles is 1. The fourth-order valence-corrected chi connectivity index (χ4v) is 0.336. The molecule has 8 heavy (non-hydrogen) atoms. The van der Waals surface area contributed by atoms with Crippen molar-refractivity contribution in [2.75, 3.05) is 6.61 Å². The Bertz CT molecular complexity index is 121. The molecule has 44 valence electrons. The zero-order chi connectivity index (χ0) is 6.41. The van der Waals surface area contributed by atoms with E-state index in [0.717, 1.165) is 0 Å². The highest BCUT2D eigenvalue weighted by atomic mass is 16.5. The monoisotopic (exact) mass is 111 g/mol. The molecule has 0 fully saturated rings. The Labute approximate surface area is 49.4 Å². The van der Waals surface area contributed by atoms with Gasteiger partial charge in [-0.3, -0.25) is 0 Å². The predicted molar refractivity (Wildman–Crippen MR) is 31.0 cm³/mol. The molecule has 0 unspecified atom stereocenters. The highest BCUT2D eigenvalue weighted by molar-refractivity contribution is 5.11. The highest BCUT2D eigenvalue weighted by Crippen LogP contribution is 1.91. The van der Waals surface area contributed by atoms with Crippen molar-refractivity contribution in [2.45, 2.75) is 13.8 Å². The quantitative estimate of drug-likeness (QED) is 0.399. The van der Waals surface area contributed by atoms with Crippen LogP contribution in [0.4, 0.5) is 0 Å². The van der Waals surface area contributed by atoms with Crippen molar-refractivity contribution in [3.63, 3.8) is 0 Å². The number of ether oxygens (including phenoxy) is 1. The smallest absolute Gasteiger partial charge is 0.192 e. The summed E-state index contributed by atoms with van der Waals surface area (Å²) >= 11 is 0. The Balaban J connectivity index is 3.60. The van der Waals surface area contributed by atoms with Gasteiger partial charge in [0, 0.05) is 0 Å². The van der Waals surface area contributed by atoms with Crippen LogP contribution in [0.15, 0.2) is 11.8 Å². The van der Waals surface area contributed by atoms with E-state index in [4.69, 9.17) is 10.00 Å². The van der Waals surface area contributed by atoms with Gasteiger partial charge in [0.05, 0.1) is 6.61 Å². The van der Waals surface area contributed by atoms with Gasteiger partial charge >= 0.3 is 0 Å². The fraction of sp³-hybridized carbons (Fsp3) is 0.500. The first-order valence-corrected chi connectivity index (χ1v) is 2.54. The molecule has 0 spiro atoms. The van der Waals surface area contributed by atoms with Crippen LogP contribution in [0.5, 0.6) is 0 Å². The lowest BCUT2D eigenvalue weighted by Gasteiger charge is -1.95. The zero-order valence-electron chi connectivity index (χ0n) is 5.14. The van der Waals surface area contributed by atoms with Crippen LogP contribution in [-0.4, -0.2) is 6.61 Å². The van der Waals surface area contributed by atoms with Gasteiger partial charge in [-0.2, -0.15) is 5.26 Å². The van der Waals surface area contributed by atoms with Gasteiger partial charge in [-0.25, -0.2) is 0 Å². The average molecular weight is 111 g/mol. The second-order valence-electron chi connectivity index (χ2n) is 1.20. The maximum absolute atomic E-state index is 8.21. The molecule has 2 heteroatoms. The van der Waals surface area contributed by atoms with Gasteiger partial charge in [0.2, 0.25) is 0 Å². The van der Waals surface area contributed by atoms with Crippen molar-refractivity contribution in [3.05, 3.63) is 11.8 Å². The Morgan fingerprint density at radius 2 is 2.50 bits per heavy atom. The van der Waals surface area contributed by atoms with Crippen molar-refractivity contribution in [1.29, 1.82) is 5.26 Å². The van der Waals surface area contributed by atoms with Crippen molar-refractivity contribution in [1.82, 2.24) is 0 Å². The molecule has 2 nitrogen and oxygen atoms in total. The molecule has 0 aromatic rings. The standard InChI is InChI=1S/C6H9NO/c1-3-6(5-7)8-4-2/h3H,4H2,1-2H3. The third-order valence-electron chi connectivity index (χ3n) is 0.672. The molecule has 0 aliphatic heterocycles. The molecule has 0 rings (SSSR count). The van der Waals surface area contributed by atoms with Gasteiger partial charge in [0.15, 0.2) is 5.76 Å². The number of allylic oxidation sites excluding steroid dienone is 2. The average Bonchev–Trinajstić information content (AvgIpc) is 1.83. The van der Waals surface area contributed by atoms with Crippen LogP contribution in [0.3, 0.4) is 0 Å². The van der Waals surface area contributed by atoms with Crippen LogP contribution in [0, 0.1) is 11.3 Å². The topological polar surface area (TPSA) is 33.0 Å². The first kappa shape index (κ1) is 7.03. The summed E-state index contributed by atoms with van der Waals surface area (Å²) in [5, 5.41) is 8.21. The third-order valence-corrected chi connectivity index (χ3v) is 0.672. The molecule has 0 amide bonds. The maximum Gasteiger partial charge on any atom is 0.192 e. The van der Waals surface area contributed by atoms with Crippen molar-refractivity contribution < 1.29 is 4.74 Å². The lowest BCUT2D eigenvalue weighted by Crippen LogP contribution is -1.86. The van der Waals surface area contributed by atoms with Gasteiger partial charge < -0.3 is 4.74 Å². The third kappa shape index (κ3) is 2.25. The van der Waals surface area contributed by atoms with Gasteiger partial charge in [0.25, 0.3) is 0 Å². The lowest BCUT2D eigenvalue weighted by molar-refractivity contribution is 0.244. The first-order chi connectivity index (χ1) is 3.85. The van der Waals surface area contributed by atoms with Gasteiger partial charge in [-0.05, 0) is 19.9 Å². The molecule has 0 saturated carbocycles. The van der Waals surface area contributed by atoms with E-state index >= 15 is 0 Å². The molecular weight excluding hydrogens is 102 g/mol. The number of hydrogen-bond acceptors (Lipinski definition) is 2. The number of nitrogens with zero attached hydrogens (tertiary/aromatic N) is 1. The van der Waals surface area contributed by atoms with E-state index in [-0.39, 0.29) is 0 Å². The van der Waals surface area contributed by atoms with Crippen LogP contribution in [-0.2, 0) is 4.74 Å². The second-order valence-corrected chi connectivity index (χ2v) is 1.20. The molecular formula is C6H9NO. The summed E-state index contributed by atoms with van der Waals surface area (Å²) in [7, 11) is 0. The largest absolute Gasteiger partial charge is 0.484 e. The van der Waals surface area contributed by atoms with E-state index < -0.39 is 0 Å². The molecule has 0 aromatic heterocycles. The zero-order valence-corrected chi connectivity index (χ0v) is 5.14. The Morgan fingerprint density at radius 3 is 2.62 bits per heavy atom. The summed E-state index contributed by atoms with van der Waals surface area (Å²) in [6, 6.07) is 1.89. The summed E-state index contributed by atoms with van der Waals surface area (Å²) in [4.78, 5) is 0. The molecule has 0 bridgehead atoms. The van der Waals surface area contributed by atoms with Crippen molar-refractivity contribution in [3.8, 4) is 6.07 Å². The maximum atomic E-state index is 8.21. The molecule has 0 saturated heterocycles. The van der Waals surface area contributed by atoms with Crippen molar-refractivity contribution in [2.24, 2.45) is 0 Å². The molecule has 0 aromatic carbocycles. The molecule has 0 radical (unpaired) electrons. The molecule has 0 aliphatic rings. The van der Waals surface area contributed by atoms with Gasteiger partial charge in [-0.15, -0.1) is 0 Å². The SMILES string of the molecule is CC=C(C#N)OCC. The minimum atomic E-state index is 0.396. The van der Waals surface area contributed by atoms with Crippen LogP contribution in [0.2, 0.25) is 0 Å². The summed E-state index contributed by atoms with van der Waals surface area (Å²) < 4.78 is 4.84. The lowest BCUT2D eigenvalue weighted by atomic mass is 10.5. The highest BCUT2D eigenvalue weighted by Gasteiger charge is 1.86. The Hall–Kier alpha value is -0.970. The fourth-order valence-electron chi connectivity index (χ4n) is 0.336. The minimum Gasteiger partial charge on any atom is -0.484 e. The van der Waals surface area contributed by atoms with Crippen LogP contribution in [0.25, 0.3) is 0 Å². The van der Waals surface area contributed by atoms with Crippen LogP contribution in [0.1, 0.15) is 13.8 Å². The van der Waals surface area contributed by atoms with E-state index in [9.17, 15) is 0 Å². The second kappa shape index (κ2) is 4.20. The first-order valence-electron chi connectivity index (χ1n) is 2.54. The Kier molecular flexibility index (Phi) is 3.69. The summed E-state index contributed by atoms with van der Waals surface area (Å²) in [5.41, 5.74) is 0. The van der Waals surface area contributed by atoms with Crippen molar-refractivity contribution >= 4 is 0 Å². The normalized spacial score (nSPS) is 10.4. The van der Waals surface area contributed by atoms with E-state index in [1.807, 2.05) is 13.0 Å². The number of rotatable bonds is 2. The molecule has 0 atom stereocenters. The summed E-state index contributed by atoms with van der Waals surface area (Å²) in [6.07, 6.45) is 1.64. The van der Waals surface area contributed by atoms with Crippen LogP contribution < -0.4 is 0 Å². The molecule has 0 aliphatic carbocycles. The van der Waals surface area contributed by atoms with E-state index in [1.165, 1.54) is 0 Å². The summed E-state index contributed by atoms with van der Waals surface area (Å²) in [6.45, 7) is 4.18.